The highest BCUT2D eigenvalue weighted by atomic mass is 16.5. The summed E-state index contributed by atoms with van der Waals surface area (Å²) >= 11 is 0. The van der Waals surface area contributed by atoms with Crippen LogP contribution in [0.5, 0.6) is 0 Å². The fourth-order valence-corrected chi connectivity index (χ4v) is 3.72. The number of carbonyl (C=O) groups excluding carboxylic acids is 3. The van der Waals surface area contributed by atoms with Gasteiger partial charge in [-0.2, -0.15) is 0 Å². The Morgan fingerprint density at radius 1 is 1.29 bits per heavy atom. The number of anilines is 1. The van der Waals surface area contributed by atoms with Crippen LogP contribution < -0.4 is 4.90 Å². The highest BCUT2D eigenvalue weighted by Crippen LogP contribution is 2.26. The van der Waals surface area contributed by atoms with E-state index in [4.69, 9.17) is 4.74 Å². The van der Waals surface area contributed by atoms with Gasteiger partial charge >= 0.3 is 5.97 Å². The van der Waals surface area contributed by atoms with Gasteiger partial charge < -0.3 is 19.5 Å². The molecule has 1 aromatic carbocycles. The Balaban J connectivity index is 1.85. The molecule has 0 bridgehead atoms. The predicted octanol–water partition coefficient (Wildman–Crippen LogP) is 2.55. The molecule has 2 aromatic rings. The van der Waals surface area contributed by atoms with Gasteiger partial charge in [-0.15, -0.1) is 0 Å². The quantitative estimate of drug-likeness (QED) is 0.805. The largest absolute Gasteiger partial charge is 0.465 e. The summed E-state index contributed by atoms with van der Waals surface area (Å²) in [6.07, 6.45) is 1.12. The van der Waals surface area contributed by atoms with Gasteiger partial charge in [-0.05, 0) is 37.5 Å². The average molecular weight is 383 g/mol. The molecule has 1 unspecified atom stereocenters. The number of hydrogen-bond acceptors (Lipinski definition) is 4. The Morgan fingerprint density at radius 3 is 2.57 bits per heavy atom. The third kappa shape index (κ3) is 3.28. The Kier molecular flexibility index (Phi) is 5.53. The molecule has 0 spiro atoms. The highest BCUT2D eigenvalue weighted by Gasteiger charge is 2.38. The number of nitrogens with zero attached hydrogens (tertiary/aromatic N) is 2. The molecule has 1 atom stereocenters. The van der Waals surface area contributed by atoms with Crippen molar-refractivity contribution in [2.24, 2.45) is 0 Å². The predicted molar refractivity (Wildman–Crippen MR) is 106 cm³/mol. The summed E-state index contributed by atoms with van der Waals surface area (Å²) in [6, 6.07) is 8.89. The molecule has 0 radical (unpaired) electrons. The Morgan fingerprint density at radius 2 is 1.96 bits per heavy atom. The first-order chi connectivity index (χ1) is 13.4. The molecule has 7 heteroatoms. The topological polar surface area (TPSA) is 82.7 Å². The summed E-state index contributed by atoms with van der Waals surface area (Å²) in [4.78, 5) is 44.3. The summed E-state index contributed by atoms with van der Waals surface area (Å²) in [5.41, 5.74) is 2.75. The number of rotatable bonds is 5. The third-order valence-corrected chi connectivity index (χ3v) is 5.32. The van der Waals surface area contributed by atoms with Gasteiger partial charge in [-0.1, -0.05) is 25.1 Å². The number of methoxy groups -OCH3 is 1. The second-order valence-electron chi connectivity index (χ2n) is 6.87. The van der Waals surface area contributed by atoms with E-state index < -0.39 is 12.0 Å². The van der Waals surface area contributed by atoms with Gasteiger partial charge in [0.05, 0.1) is 12.7 Å². The zero-order chi connectivity index (χ0) is 20.4. The number of ether oxygens (including phenoxy) is 1. The Labute approximate surface area is 164 Å². The van der Waals surface area contributed by atoms with E-state index in [1.54, 1.807) is 18.9 Å². The fraction of sp³-hybridized carbons (Fsp3) is 0.381. The van der Waals surface area contributed by atoms with Crippen molar-refractivity contribution >= 4 is 23.5 Å². The summed E-state index contributed by atoms with van der Waals surface area (Å²) in [5, 5.41) is 0. The molecule has 0 saturated carbocycles. The molecule has 148 valence electrons. The number of esters is 1. The maximum absolute atomic E-state index is 13.1. The van der Waals surface area contributed by atoms with E-state index in [1.165, 1.54) is 12.0 Å². The van der Waals surface area contributed by atoms with Crippen molar-refractivity contribution < 1.29 is 19.1 Å². The number of carbonyl (C=O) groups is 3. The van der Waals surface area contributed by atoms with Gasteiger partial charge in [0, 0.05) is 25.0 Å². The zero-order valence-electron chi connectivity index (χ0n) is 16.6. The van der Waals surface area contributed by atoms with Crippen LogP contribution in [-0.4, -0.2) is 54.4 Å². The number of likely N-dealkylation sites (N-methyl/N-ethyl adjacent to an activating group) is 1. The van der Waals surface area contributed by atoms with E-state index in [9.17, 15) is 14.4 Å². The molecule has 1 aromatic heterocycles. The van der Waals surface area contributed by atoms with Gasteiger partial charge in [0.1, 0.15) is 11.7 Å². The minimum absolute atomic E-state index is 0.102. The van der Waals surface area contributed by atoms with Gasteiger partial charge in [-0.25, -0.2) is 4.79 Å². The molecule has 28 heavy (non-hydrogen) atoms. The summed E-state index contributed by atoms with van der Waals surface area (Å²) in [7, 11) is 2.94. The maximum atomic E-state index is 13.1. The molecule has 1 N–H and O–H groups in total. The lowest BCUT2D eigenvalue weighted by Crippen LogP contribution is -2.43. The fourth-order valence-electron chi connectivity index (χ4n) is 3.72. The van der Waals surface area contributed by atoms with Crippen LogP contribution in [0.25, 0.3) is 0 Å². The van der Waals surface area contributed by atoms with Crippen molar-refractivity contribution in [2.75, 3.05) is 25.6 Å². The van der Waals surface area contributed by atoms with Gasteiger partial charge in [0.25, 0.3) is 5.91 Å². The molecule has 1 fully saturated rings. The molecule has 2 heterocycles. The first-order valence-electron chi connectivity index (χ1n) is 9.34. The SMILES string of the molecule is CCc1[nH]c(C(=O)N(C)C2CCN(c3ccccc3)C2=O)c(C)c1C(=O)OC. The molecule has 1 saturated heterocycles. The van der Waals surface area contributed by atoms with Crippen LogP contribution in [0.4, 0.5) is 5.69 Å². The van der Waals surface area contributed by atoms with Crippen LogP contribution in [-0.2, 0) is 16.0 Å². The van der Waals surface area contributed by atoms with E-state index in [1.807, 2.05) is 37.3 Å². The standard InChI is InChI=1S/C21H25N3O4/c1-5-15-17(21(27)28-4)13(2)18(22-15)20(26)23(3)16-11-12-24(19(16)25)14-9-7-6-8-10-14/h6-10,16,22H,5,11-12H2,1-4H3. The van der Waals surface area contributed by atoms with Crippen LogP contribution >= 0.6 is 0 Å². The lowest BCUT2D eigenvalue weighted by molar-refractivity contribution is -0.120. The van der Waals surface area contributed by atoms with Crippen molar-refractivity contribution in [3.05, 3.63) is 52.8 Å². The summed E-state index contributed by atoms with van der Waals surface area (Å²) < 4.78 is 4.85. The monoisotopic (exact) mass is 383 g/mol. The normalized spacial score (nSPS) is 16.4. The first kappa shape index (κ1) is 19.7. The highest BCUT2D eigenvalue weighted by molar-refractivity contribution is 6.05. The number of amides is 2. The number of H-pyrrole nitrogens is 1. The minimum Gasteiger partial charge on any atom is -0.465 e. The number of hydrogen-bond donors (Lipinski definition) is 1. The first-order valence-corrected chi connectivity index (χ1v) is 9.34. The molecule has 0 aliphatic carbocycles. The second kappa shape index (κ2) is 7.88. The van der Waals surface area contributed by atoms with E-state index in [0.717, 1.165) is 5.69 Å². The smallest absolute Gasteiger partial charge is 0.339 e. The Bertz CT molecular complexity index is 904. The number of benzene rings is 1. The molecule has 1 aliphatic heterocycles. The van der Waals surface area contributed by atoms with Gasteiger partial charge in [-0.3, -0.25) is 9.59 Å². The zero-order valence-corrected chi connectivity index (χ0v) is 16.6. The van der Waals surface area contributed by atoms with Crippen LogP contribution in [0.2, 0.25) is 0 Å². The number of aromatic amines is 1. The number of nitrogens with one attached hydrogen (secondary N) is 1. The number of para-hydroxylation sites is 1. The molecule has 7 nitrogen and oxygen atoms in total. The second-order valence-corrected chi connectivity index (χ2v) is 6.87. The lowest BCUT2D eigenvalue weighted by atomic mass is 10.1. The average Bonchev–Trinajstić information content (AvgIpc) is 3.26. The summed E-state index contributed by atoms with van der Waals surface area (Å²) in [5.74, 6) is -0.884. The number of aromatic nitrogens is 1. The summed E-state index contributed by atoms with van der Waals surface area (Å²) in [6.45, 7) is 4.17. The van der Waals surface area contributed by atoms with E-state index in [2.05, 4.69) is 4.98 Å². The van der Waals surface area contributed by atoms with Crippen LogP contribution in [0.3, 0.4) is 0 Å². The molecule has 3 rings (SSSR count). The van der Waals surface area contributed by atoms with Gasteiger partial charge in [0.2, 0.25) is 5.91 Å². The van der Waals surface area contributed by atoms with Crippen LogP contribution in [0.15, 0.2) is 30.3 Å². The Hall–Kier alpha value is -3.09. The molecular weight excluding hydrogens is 358 g/mol. The number of aryl methyl sites for hydroxylation is 1. The maximum Gasteiger partial charge on any atom is 0.339 e. The lowest BCUT2D eigenvalue weighted by Gasteiger charge is -2.24. The van der Waals surface area contributed by atoms with Gasteiger partial charge in [0.15, 0.2) is 0 Å². The molecular formula is C21H25N3O4. The molecule has 1 aliphatic rings. The molecule has 2 amide bonds. The third-order valence-electron chi connectivity index (χ3n) is 5.32. The minimum atomic E-state index is -0.540. The van der Waals surface area contributed by atoms with E-state index in [0.29, 0.717) is 41.9 Å². The van der Waals surface area contributed by atoms with E-state index in [-0.39, 0.29) is 11.8 Å². The van der Waals surface area contributed by atoms with Crippen molar-refractivity contribution in [2.45, 2.75) is 32.7 Å². The van der Waals surface area contributed by atoms with Crippen molar-refractivity contribution in [1.29, 1.82) is 0 Å². The van der Waals surface area contributed by atoms with Crippen molar-refractivity contribution in [3.8, 4) is 0 Å². The van der Waals surface area contributed by atoms with Crippen molar-refractivity contribution in [3.63, 3.8) is 0 Å². The van der Waals surface area contributed by atoms with Crippen LogP contribution in [0, 0.1) is 6.92 Å². The van der Waals surface area contributed by atoms with E-state index >= 15 is 0 Å². The van der Waals surface area contributed by atoms with Crippen LogP contribution in [0.1, 0.15) is 45.4 Å². The van der Waals surface area contributed by atoms with Crippen molar-refractivity contribution in [1.82, 2.24) is 9.88 Å².